The SMILES string of the molecule is COc1ccc(/C=C/C(=O)N[C@@H](C)C(=O)OCC(=O)Nc2ccc(CC#N)cc2)cc1. The van der Waals surface area contributed by atoms with E-state index in [0.29, 0.717) is 11.4 Å². The molecule has 0 aliphatic rings. The summed E-state index contributed by atoms with van der Waals surface area (Å²) in [6.07, 6.45) is 3.18. The number of anilines is 1. The van der Waals surface area contributed by atoms with Crippen molar-refractivity contribution < 1.29 is 23.9 Å². The van der Waals surface area contributed by atoms with Crippen LogP contribution >= 0.6 is 0 Å². The van der Waals surface area contributed by atoms with E-state index in [9.17, 15) is 14.4 Å². The number of carbonyl (C=O) groups is 3. The van der Waals surface area contributed by atoms with Crippen LogP contribution < -0.4 is 15.4 Å². The normalized spacial score (nSPS) is 11.3. The Balaban J connectivity index is 1.75. The minimum atomic E-state index is -0.925. The molecule has 2 aromatic carbocycles. The summed E-state index contributed by atoms with van der Waals surface area (Å²) in [6, 6.07) is 15.0. The van der Waals surface area contributed by atoms with Crippen molar-refractivity contribution in [3.8, 4) is 11.8 Å². The molecule has 2 rings (SSSR count). The molecule has 2 amide bonds. The Bertz CT molecular complexity index is 976. The third kappa shape index (κ3) is 8.03. The highest BCUT2D eigenvalue weighted by atomic mass is 16.5. The summed E-state index contributed by atoms with van der Waals surface area (Å²) in [4.78, 5) is 35.9. The fourth-order valence-electron chi connectivity index (χ4n) is 2.46. The van der Waals surface area contributed by atoms with Crippen molar-refractivity contribution in [3.05, 3.63) is 65.7 Å². The largest absolute Gasteiger partial charge is 0.497 e. The van der Waals surface area contributed by atoms with E-state index in [-0.39, 0.29) is 6.42 Å². The number of rotatable bonds is 9. The van der Waals surface area contributed by atoms with Crippen LogP contribution in [0.25, 0.3) is 6.08 Å². The second kappa shape index (κ2) is 11.8. The first kappa shape index (κ1) is 23.2. The molecule has 0 aromatic heterocycles. The molecular formula is C23H23N3O5. The van der Waals surface area contributed by atoms with Crippen molar-refractivity contribution in [1.29, 1.82) is 5.26 Å². The molecule has 0 aliphatic carbocycles. The molecule has 2 N–H and O–H groups in total. The van der Waals surface area contributed by atoms with Crippen molar-refractivity contribution in [2.24, 2.45) is 0 Å². The van der Waals surface area contributed by atoms with Crippen molar-refractivity contribution >= 4 is 29.5 Å². The number of nitrogens with zero attached hydrogens (tertiary/aromatic N) is 1. The van der Waals surface area contributed by atoms with Gasteiger partial charge in [0.05, 0.1) is 19.6 Å². The second-order valence-corrected chi connectivity index (χ2v) is 6.52. The average molecular weight is 421 g/mol. The van der Waals surface area contributed by atoms with Gasteiger partial charge in [-0.25, -0.2) is 4.79 Å². The summed E-state index contributed by atoms with van der Waals surface area (Å²) in [6.45, 7) is 0.980. The van der Waals surface area contributed by atoms with Crippen LogP contribution in [0, 0.1) is 11.3 Å². The Morgan fingerprint density at radius 3 is 2.39 bits per heavy atom. The maximum Gasteiger partial charge on any atom is 0.328 e. The Kier molecular flexibility index (Phi) is 8.80. The average Bonchev–Trinajstić information content (AvgIpc) is 2.77. The Morgan fingerprint density at radius 1 is 1.10 bits per heavy atom. The molecule has 0 spiro atoms. The fraction of sp³-hybridized carbons (Fsp3) is 0.217. The molecule has 8 nitrogen and oxygen atoms in total. The highest BCUT2D eigenvalue weighted by molar-refractivity contribution is 5.96. The first-order valence-corrected chi connectivity index (χ1v) is 9.46. The summed E-state index contributed by atoms with van der Waals surface area (Å²) in [5, 5.41) is 13.7. The van der Waals surface area contributed by atoms with Gasteiger partial charge in [-0.05, 0) is 48.4 Å². The highest BCUT2D eigenvalue weighted by Gasteiger charge is 2.17. The number of methoxy groups -OCH3 is 1. The Morgan fingerprint density at radius 2 is 1.77 bits per heavy atom. The van der Waals surface area contributed by atoms with Crippen LogP contribution in [-0.4, -0.2) is 37.5 Å². The van der Waals surface area contributed by atoms with Gasteiger partial charge in [-0.15, -0.1) is 0 Å². The van der Waals surface area contributed by atoms with Crippen LogP contribution in [0.1, 0.15) is 18.1 Å². The molecule has 31 heavy (non-hydrogen) atoms. The van der Waals surface area contributed by atoms with Crippen LogP contribution in [0.4, 0.5) is 5.69 Å². The second-order valence-electron chi connectivity index (χ2n) is 6.52. The van der Waals surface area contributed by atoms with Crippen LogP contribution in [-0.2, 0) is 25.5 Å². The van der Waals surface area contributed by atoms with E-state index in [1.165, 1.54) is 13.0 Å². The predicted molar refractivity (Wildman–Crippen MR) is 115 cm³/mol. The topological polar surface area (TPSA) is 118 Å². The van der Waals surface area contributed by atoms with E-state index in [1.54, 1.807) is 61.7 Å². The molecule has 0 radical (unpaired) electrons. The lowest BCUT2D eigenvalue weighted by Crippen LogP contribution is -2.39. The number of carbonyl (C=O) groups excluding carboxylic acids is 3. The van der Waals surface area contributed by atoms with Gasteiger partial charge in [-0.3, -0.25) is 9.59 Å². The molecular weight excluding hydrogens is 398 g/mol. The van der Waals surface area contributed by atoms with E-state index in [0.717, 1.165) is 11.1 Å². The van der Waals surface area contributed by atoms with Crippen molar-refractivity contribution in [1.82, 2.24) is 5.32 Å². The first-order chi connectivity index (χ1) is 14.9. The van der Waals surface area contributed by atoms with Gasteiger partial charge in [0.1, 0.15) is 11.8 Å². The van der Waals surface area contributed by atoms with E-state index in [2.05, 4.69) is 10.6 Å². The summed E-state index contributed by atoms with van der Waals surface area (Å²) >= 11 is 0. The van der Waals surface area contributed by atoms with E-state index in [4.69, 9.17) is 14.7 Å². The lowest BCUT2D eigenvalue weighted by atomic mass is 10.1. The maximum absolute atomic E-state index is 12.0. The summed E-state index contributed by atoms with van der Waals surface area (Å²) in [5.74, 6) is -1.01. The van der Waals surface area contributed by atoms with Gasteiger partial charge in [-0.2, -0.15) is 5.26 Å². The number of hydrogen-bond donors (Lipinski definition) is 2. The zero-order valence-corrected chi connectivity index (χ0v) is 17.3. The molecule has 160 valence electrons. The molecule has 1 atom stereocenters. The minimum Gasteiger partial charge on any atom is -0.497 e. The van der Waals surface area contributed by atoms with Gasteiger partial charge in [-0.1, -0.05) is 24.3 Å². The zero-order valence-electron chi connectivity index (χ0n) is 17.3. The van der Waals surface area contributed by atoms with Crippen LogP contribution in [0.5, 0.6) is 5.75 Å². The van der Waals surface area contributed by atoms with E-state index >= 15 is 0 Å². The van der Waals surface area contributed by atoms with Crippen molar-refractivity contribution in [2.45, 2.75) is 19.4 Å². The van der Waals surface area contributed by atoms with Crippen molar-refractivity contribution in [2.75, 3.05) is 19.0 Å². The monoisotopic (exact) mass is 421 g/mol. The molecule has 0 heterocycles. The molecule has 2 aromatic rings. The fourth-order valence-corrected chi connectivity index (χ4v) is 2.46. The van der Waals surface area contributed by atoms with Gasteiger partial charge >= 0.3 is 5.97 Å². The maximum atomic E-state index is 12.0. The quantitative estimate of drug-likeness (QED) is 0.474. The predicted octanol–water partition coefficient (Wildman–Crippen LogP) is 2.46. The minimum absolute atomic E-state index is 0.282. The number of nitriles is 1. The lowest BCUT2D eigenvalue weighted by molar-refractivity contribution is -0.149. The number of amides is 2. The Labute approximate surface area is 180 Å². The van der Waals surface area contributed by atoms with Crippen molar-refractivity contribution in [3.63, 3.8) is 0 Å². The van der Waals surface area contributed by atoms with Gasteiger partial charge < -0.3 is 20.1 Å². The third-order valence-corrected chi connectivity index (χ3v) is 4.12. The molecule has 0 saturated carbocycles. The van der Waals surface area contributed by atoms with E-state index < -0.39 is 30.4 Å². The molecule has 0 bridgehead atoms. The standard InChI is InChI=1S/C23H23N3O5/c1-16(25-21(27)12-7-17-5-10-20(30-2)11-6-17)23(29)31-15-22(28)26-19-8-3-18(4-9-19)13-14-24/h3-12,16H,13,15H2,1-2H3,(H,25,27)(H,26,28)/b12-7+/t16-/m0/s1. The summed E-state index contributed by atoms with van der Waals surface area (Å²) in [7, 11) is 1.57. The van der Waals surface area contributed by atoms with Gasteiger partial charge in [0.15, 0.2) is 6.61 Å². The van der Waals surface area contributed by atoms with Crippen LogP contribution in [0.2, 0.25) is 0 Å². The zero-order chi connectivity index (χ0) is 22.6. The van der Waals surface area contributed by atoms with Gasteiger partial charge in [0, 0.05) is 11.8 Å². The Hall–Kier alpha value is -4.12. The molecule has 0 aliphatic heterocycles. The number of nitrogens with one attached hydrogen (secondary N) is 2. The van der Waals surface area contributed by atoms with Gasteiger partial charge in [0.2, 0.25) is 5.91 Å². The number of benzene rings is 2. The molecule has 8 heteroatoms. The van der Waals surface area contributed by atoms with Crippen LogP contribution in [0.3, 0.4) is 0 Å². The number of ether oxygens (including phenoxy) is 2. The summed E-state index contributed by atoms with van der Waals surface area (Å²) in [5.41, 5.74) is 2.15. The first-order valence-electron chi connectivity index (χ1n) is 9.46. The van der Waals surface area contributed by atoms with Gasteiger partial charge in [0.25, 0.3) is 5.91 Å². The third-order valence-electron chi connectivity index (χ3n) is 4.12. The number of hydrogen-bond acceptors (Lipinski definition) is 6. The molecule has 0 saturated heterocycles. The molecule has 0 fully saturated rings. The van der Waals surface area contributed by atoms with Crippen LogP contribution in [0.15, 0.2) is 54.6 Å². The summed E-state index contributed by atoms with van der Waals surface area (Å²) < 4.78 is 10.0. The lowest BCUT2D eigenvalue weighted by Gasteiger charge is -2.12. The highest BCUT2D eigenvalue weighted by Crippen LogP contribution is 2.12. The smallest absolute Gasteiger partial charge is 0.328 e. The van der Waals surface area contributed by atoms with E-state index in [1.807, 2.05) is 6.07 Å². The number of esters is 1. The molecule has 0 unspecified atom stereocenters.